The van der Waals surface area contributed by atoms with Gasteiger partial charge in [-0.1, -0.05) is 19.3 Å². The van der Waals surface area contributed by atoms with Crippen molar-refractivity contribution in [3.8, 4) is 5.75 Å². The Morgan fingerprint density at radius 2 is 1.79 bits per heavy atom. The van der Waals surface area contributed by atoms with Crippen molar-refractivity contribution in [1.29, 1.82) is 0 Å². The average Bonchev–Trinajstić information content (AvgIpc) is 2.38. The van der Waals surface area contributed by atoms with E-state index in [1.165, 1.54) is 6.42 Å². The van der Waals surface area contributed by atoms with Crippen LogP contribution in [0.25, 0.3) is 0 Å². The van der Waals surface area contributed by atoms with Gasteiger partial charge >= 0.3 is 5.97 Å². The highest BCUT2D eigenvalue weighted by Crippen LogP contribution is 2.27. The molecular formula is C14H16F2O3. The fourth-order valence-electron chi connectivity index (χ4n) is 2.38. The van der Waals surface area contributed by atoms with Gasteiger partial charge in [-0.3, -0.25) is 0 Å². The van der Waals surface area contributed by atoms with Crippen LogP contribution < -0.4 is 4.74 Å². The van der Waals surface area contributed by atoms with E-state index in [9.17, 15) is 13.6 Å². The third-order valence-electron chi connectivity index (χ3n) is 3.43. The molecule has 19 heavy (non-hydrogen) atoms. The van der Waals surface area contributed by atoms with E-state index in [4.69, 9.17) is 9.84 Å². The Morgan fingerprint density at radius 1 is 1.21 bits per heavy atom. The van der Waals surface area contributed by atoms with Crippen LogP contribution in [0.4, 0.5) is 8.78 Å². The number of carboxylic acids is 1. The van der Waals surface area contributed by atoms with Crippen LogP contribution in [-0.2, 0) is 0 Å². The van der Waals surface area contributed by atoms with Crippen molar-refractivity contribution in [2.75, 3.05) is 6.61 Å². The van der Waals surface area contributed by atoms with Crippen LogP contribution in [0.3, 0.4) is 0 Å². The van der Waals surface area contributed by atoms with Crippen LogP contribution in [-0.4, -0.2) is 17.7 Å². The van der Waals surface area contributed by atoms with E-state index >= 15 is 0 Å². The number of carbonyl (C=O) groups is 1. The topological polar surface area (TPSA) is 46.5 Å². The van der Waals surface area contributed by atoms with Crippen molar-refractivity contribution in [2.45, 2.75) is 32.1 Å². The van der Waals surface area contributed by atoms with Gasteiger partial charge in [-0.25, -0.2) is 13.6 Å². The minimum atomic E-state index is -1.36. The summed E-state index contributed by atoms with van der Waals surface area (Å²) in [5.74, 6) is -3.44. The lowest BCUT2D eigenvalue weighted by Crippen LogP contribution is -2.16. The second kappa shape index (κ2) is 5.99. The molecule has 0 radical (unpaired) electrons. The van der Waals surface area contributed by atoms with Crippen molar-refractivity contribution in [3.63, 3.8) is 0 Å². The summed E-state index contributed by atoms with van der Waals surface area (Å²) in [7, 11) is 0. The Bertz CT molecular complexity index is 445. The largest absolute Gasteiger partial charge is 0.487 e. The summed E-state index contributed by atoms with van der Waals surface area (Å²) in [5, 5.41) is 8.68. The third-order valence-corrected chi connectivity index (χ3v) is 3.43. The first-order chi connectivity index (χ1) is 9.08. The summed E-state index contributed by atoms with van der Waals surface area (Å²) in [4.78, 5) is 10.6. The fraction of sp³-hybridized carbons (Fsp3) is 0.500. The van der Waals surface area contributed by atoms with Gasteiger partial charge in [0.2, 0.25) is 0 Å². The molecule has 1 fully saturated rings. The van der Waals surface area contributed by atoms with Crippen molar-refractivity contribution in [2.24, 2.45) is 5.92 Å². The van der Waals surface area contributed by atoms with Crippen molar-refractivity contribution in [3.05, 3.63) is 29.3 Å². The molecule has 2 rings (SSSR count). The normalized spacial score (nSPS) is 16.3. The highest BCUT2D eigenvalue weighted by atomic mass is 19.1. The molecule has 1 aliphatic rings. The first-order valence-corrected chi connectivity index (χ1v) is 6.43. The lowest BCUT2D eigenvalue weighted by atomic mass is 9.90. The molecule has 0 unspecified atom stereocenters. The maximum Gasteiger partial charge on any atom is 0.335 e. The first-order valence-electron chi connectivity index (χ1n) is 6.43. The monoisotopic (exact) mass is 270 g/mol. The van der Waals surface area contributed by atoms with Crippen LogP contribution in [0.5, 0.6) is 5.75 Å². The number of benzene rings is 1. The number of halogens is 2. The standard InChI is InChI=1S/C14H16F2O3/c15-11-6-10(14(17)18)7-12(16)13(11)19-8-9-4-2-1-3-5-9/h6-7,9H,1-5,8H2,(H,17,18). The Labute approximate surface area is 110 Å². The highest BCUT2D eigenvalue weighted by Gasteiger charge is 2.19. The van der Waals surface area contributed by atoms with Crippen molar-refractivity contribution in [1.82, 2.24) is 0 Å². The van der Waals surface area contributed by atoms with Gasteiger partial charge in [0.25, 0.3) is 0 Å². The lowest BCUT2D eigenvalue weighted by Gasteiger charge is -2.21. The zero-order chi connectivity index (χ0) is 13.8. The van der Waals surface area contributed by atoms with Gasteiger partial charge in [-0.05, 0) is 30.9 Å². The molecule has 1 N–H and O–H groups in total. The SMILES string of the molecule is O=C(O)c1cc(F)c(OCC2CCCCC2)c(F)c1. The van der Waals surface area contributed by atoms with E-state index in [0.717, 1.165) is 37.8 Å². The van der Waals surface area contributed by atoms with Gasteiger partial charge in [-0.15, -0.1) is 0 Å². The quantitative estimate of drug-likeness (QED) is 0.908. The molecule has 0 bridgehead atoms. The van der Waals surface area contributed by atoms with Crippen molar-refractivity contribution >= 4 is 5.97 Å². The molecule has 0 amide bonds. The molecule has 0 aromatic heterocycles. The van der Waals surface area contributed by atoms with E-state index < -0.39 is 28.9 Å². The van der Waals surface area contributed by atoms with Gasteiger partial charge < -0.3 is 9.84 Å². The smallest absolute Gasteiger partial charge is 0.335 e. The average molecular weight is 270 g/mol. The maximum absolute atomic E-state index is 13.6. The molecule has 1 aromatic rings. The molecule has 1 saturated carbocycles. The van der Waals surface area contributed by atoms with Crippen molar-refractivity contribution < 1.29 is 23.4 Å². The van der Waals surface area contributed by atoms with Gasteiger partial charge in [0.1, 0.15) is 0 Å². The van der Waals surface area contributed by atoms with Gasteiger partial charge in [0.05, 0.1) is 12.2 Å². The minimum absolute atomic E-state index is 0.278. The molecule has 0 aliphatic heterocycles. The minimum Gasteiger partial charge on any atom is -0.487 e. The Hall–Kier alpha value is -1.65. The molecule has 104 valence electrons. The van der Waals surface area contributed by atoms with Crippen LogP contribution >= 0.6 is 0 Å². The summed E-state index contributed by atoms with van der Waals surface area (Å²) in [5.41, 5.74) is -0.417. The van der Waals surface area contributed by atoms with E-state index in [1.54, 1.807) is 0 Å². The maximum atomic E-state index is 13.6. The predicted molar refractivity (Wildman–Crippen MR) is 65.4 cm³/mol. The molecule has 1 aromatic carbocycles. The molecule has 0 heterocycles. The molecule has 5 heteroatoms. The third kappa shape index (κ3) is 3.43. The fourth-order valence-corrected chi connectivity index (χ4v) is 2.38. The van der Waals surface area contributed by atoms with Crippen LogP contribution in [0.1, 0.15) is 42.5 Å². The molecule has 0 atom stereocenters. The zero-order valence-electron chi connectivity index (χ0n) is 10.5. The van der Waals surface area contributed by atoms with Crippen LogP contribution in [0.2, 0.25) is 0 Å². The second-order valence-electron chi connectivity index (χ2n) is 4.89. The zero-order valence-corrected chi connectivity index (χ0v) is 10.5. The van der Waals surface area contributed by atoms with E-state index in [1.807, 2.05) is 0 Å². The summed E-state index contributed by atoms with van der Waals surface area (Å²) in [6.07, 6.45) is 5.47. The molecule has 1 aliphatic carbocycles. The number of ether oxygens (including phenoxy) is 1. The number of rotatable bonds is 4. The Kier molecular flexibility index (Phi) is 4.35. The molecular weight excluding hydrogens is 254 g/mol. The molecule has 3 nitrogen and oxygen atoms in total. The first kappa shape index (κ1) is 13.8. The molecule has 0 saturated heterocycles. The number of hydrogen-bond donors (Lipinski definition) is 1. The Morgan fingerprint density at radius 3 is 2.32 bits per heavy atom. The highest BCUT2D eigenvalue weighted by molar-refractivity contribution is 5.87. The van der Waals surface area contributed by atoms with Gasteiger partial charge in [0.15, 0.2) is 17.4 Å². The van der Waals surface area contributed by atoms with Crippen LogP contribution in [0.15, 0.2) is 12.1 Å². The predicted octanol–water partition coefficient (Wildman–Crippen LogP) is 3.62. The van der Waals surface area contributed by atoms with Gasteiger partial charge in [-0.2, -0.15) is 0 Å². The number of carboxylic acid groups (broad SMARTS) is 1. The molecule has 0 spiro atoms. The lowest BCUT2D eigenvalue weighted by molar-refractivity contribution is 0.0695. The number of aromatic carboxylic acids is 1. The van der Waals surface area contributed by atoms with E-state index in [0.29, 0.717) is 5.92 Å². The summed E-state index contributed by atoms with van der Waals surface area (Å²) in [6.45, 7) is 0.278. The van der Waals surface area contributed by atoms with Gasteiger partial charge in [0, 0.05) is 0 Å². The van der Waals surface area contributed by atoms with E-state index in [2.05, 4.69) is 0 Å². The number of hydrogen-bond acceptors (Lipinski definition) is 2. The summed E-state index contributed by atoms with van der Waals surface area (Å²) < 4.78 is 32.4. The summed E-state index contributed by atoms with van der Waals surface area (Å²) in [6, 6.07) is 1.56. The van der Waals surface area contributed by atoms with E-state index in [-0.39, 0.29) is 6.61 Å². The second-order valence-corrected chi connectivity index (χ2v) is 4.89. The Balaban J connectivity index is 2.05. The summed E-state index contributed by atoms with van der Waals surface area (Å²) >= 11 is 0. The van der Waals surface area contributed by atoms with Crippen LogP contribution in [0, 0.1) is 17.6 Å².